The molecule has 0 bridgehead atoms. The molecule has 0 amide bonds. The minimum Gasteiger partial charge on any atom is -0.369 e. The van der Waals surface area contributed by atoms with Crippen LogP contribution in [0.4, 0.5) is 11.6 Å². The molecule has 1 saturated carbocycles. The lowest BCUT2D eigenvalue weighted by Crippen LogP contribution is -2.35. The Morgan fingerprint density at radius 2 is 2.00 bits per heavy atom. The van der Waals surface area contributed by atoms with Crippen molar-refractivity contribution in [3.8, 4) is 0 Å². The fourth-order valence-electron chi connectivity index (χ4n) is 2.78. The second-order valence-corrected chi connectivity index (χ2v) is 6.60. The zero-order valence-electron chi connectivity index (χ0n) is 12.7. The molecule has 1 aromatic heterocycles. The fraction of sp³-hybridized carbons (Fsp3) is 0.733. The molecular weight excluding hydrogens is 316 g/mol. The number of nitrogens with zero attached hydrogens (tertiary/aromatic N) is 3. The molecule has 0 saturated heterocycles. The summed E-state index contributed by atoms with van der Waals surface area (Å²) in [7, 11) is 2.15. The summed E-state index contributed by atoms with van der Waals surface area (Å²) in [5, 5.41) is 3.34. The van der Waals surface area contributed by atoms with Crippen LogP contribution in [0, 0.1) is 5.92 Å². The van der Waals surface area contributed by atoms with E-state index in [2.05, 4.69) is 57.0 Å². The third kappa shape index (κ3) is 3.62. The molecule has 112 valence electrons. The first kappa shape index (κ1) is 15.5. The van der Waals surface area contributed by atoms with Gasteiger partial charge in [0.1, 0.15) is 22.4 Å². The summed E-state index contributed by atoms with van der Waals surface area (Å²) in [5.74, 6) is 2.77. The maximum Gasteiger partial charge on any atom is 0.148 e. The average Bonchev–Trinajstić information content (AvgIpc) is 2.46. The molecule has 1 aromatic rings. The van der Waals surface area contributed by atoms with E-state index in [4.69, 9.17) is 0 Å². The van der Waals surface area contributed by atoms with E-state index in [0.717, 1.165) is 35.0 Å². The van der Waals surface area contributed by atoms with Crippen LogP contribution >= 0.6 is 15.9 Å². The van der Waals surface area contributed by atoms with E-state index in [0.29, 0.717) is 6.04 Å². The predicted octanol–water partition coefficient (Wildman–Crippen LogP) is 4.08. The highest BCUT2D eigenvalue weighted by molar-refractivity contribution is 9.10. The highest BCUT2D eigenvalue weighted by Crippen LogP contribution is 2.34. The first-order chi connectivity index (χ1) is 9.63. The lowest BCUT2D eigenvalue weighted by atomic mass is 9.87. The summed E-state index contributed by atoms with van der Waals surface area (Å²) >= 11 is 3.66. The normalized spacial score (nSPS) is 22.6. The van der Waals surface area contributed by atoms with Crippen LogP contribution in [0.3, 0.4) is 0 Å². The van der Waals surface area contributed by atoms with Crippen molar-refractivity contribution in [2.45, 2.75) is 52.0 Å². The highest BCUT2D eigenvalue weighted by Gasteiger charge is 2.24. The second kappa shape index (κ2) is 7.25. The van der Waals surface area contributed by atoms with E-state index in [-0.39, 0.29) is 0 Å². The summed E-state index contributed by atoms with van der Waals surface area (Å²) in [6.45, 7) is 5.43. The summed E-state index contributed by atoms with van der Waals surface area (Å²) in [4.78, 5) is 11.1. The number of halogens is 1. The molecule has 1 aliphatic carbocycles. The van der Waals surface area contributed by atoms with Gasteiger partial charge in [-0.2, -0.15) is 0 Å². The van der Waals surface area contributed by atoms with Gasteiger partial charge in [0, 0.05) is 19.6 Å². The van der Waals surface area contributed by atoms with Crippen molar-refractivity contribution in [1.29, 1.82) is 0 Å². The van der Waals surface area contributed by atoms with Crippen molar-refractivity contribution in [3.05, 3.63) is 10.8 Å². The number of hydrogen-bond donors (Lipinski definition) is 1. The molecule has 0 unspecified atom stereocenters. The summed E-state index contributed by atoms with van der Waals surface area (Å²) in [6.07, 6.45) is 7.89. The molecular formula is C15H25BrN4. The molecule has 20 heavy (non-hydrogen) atoms. The Hall–Kier alpha value is -0.840. The number of anilines is 2. The Balaban J connectivity index is 2.11. The van der Waals surface area contributed by atoms with Crippen LogP contribution in [0.25, 0.3) is 0 Å². The first-order valence-electron chi connectivity index (χ1n) is 7.60. The molecule has 0 atom stereocenters. The Morgan fingerprint density at radius 3 is 2.65 bits per heavy atom. The van der Waals surface area contributed by atoms with Crippen molar-refractivity contribution in [3.63, 3.8) is 0 Å². The Labute approximate surface area is 130 Å². The minimum atomic E-state index is 0.594. The SMILES string of the molecule is CCCNc1ncnc(N(C)C2CCC(C)CC2)c1Br. The summed E-state index contributed by atoms with van der Waals surface area (Å²) in [5.41, 5.74) is 0. The van der Waals surface area contributed by atoms with Gasteiger partial charge in [-0.15, -0.1) is 0 Å². The topological polar surface area (TPSA) is 41.1 Å². The van der Waals surface area contributed by atoms with Gasteiger partial charge in [0.15, 0.2) is 0 Å². The van der Waals surface area contributed by atoms with Gasteiger partial charge in [0.25, 0.3) is 0 Å². The zero-order chi connectivity index (χ0) is 14.5. The Bertz CT molecular complexity index is 430. The number of rotatable bonds is 5. The minimum absolute atomic E-state index is 0.594. The van der Waals surface area contributed by atoms with E-state index < -0.39 is 0 Å². The fourth-order valence-corrected chi connectivity index (χ4v) is 3.40. The van der Waals surface area contributed by atoms with E-state index in [9.17, 15) is 0 Å². The lowest BCUT2D eigenvalue weighted by Gasteiger charge is -2.34. The molecule has 5 heteroatoms. The largest absolute Gasteiger partial charge is 0.369 e. The Morgan fingerprint density at radius 1 is 1.30 bits per heavy atom. The molecule has 0 spiro atoms. The van der Waals surface area contributed by atoms with Crippen molar-refractivity contribution in [1.82, 2.24) is 9.97 Å². The van der Waals surface area contributed by atoms with Gasteiger partial charge in [0.05, 0.1) is 0 Å². The van der Waals surface area contributed by atoms with Gasteiger partial charge in [-0.05, 0) is 54.0 Å². The van der Waals surface area contributed by atoms with Gasteiger partial charge in [0.2, 0.25) is 0 Å². The van der Waals surface area contributed by atoms with Crippen molar-refractivity contribution in [2.24, 2.45) is 5.92 Å². The van der Waals surface area contributed by atoms with Crippen LogP contribution in [0.2, 0.25) is 0 Å². The van der Waals surface area contributed by atoms with E-state index in [1.807, 2.05) is 0 Å². The maximum absolute atomic E-state index is 4.47. The molecule has 2 rings (SSSR count). The van der Waals surface area contributed by atoms with Gasteiger partial charge < -0.3 is 10.2 Å². The molecule has 1 N–H and O–H groups in total. The average molecular weight is 341 g/mol. The van der Waals surface area contributed by atoms with E-state index in [1.54, 1.807) is 6.33 Å². The maximum atomic E-state index is 4.47. The zero-order valence-corrected chi connectivity index (χ0v) is 14.3. The third-order valence-corrected chi connectivity index (χ3v) is 4.91. The van der Waals surface area contributed by atoms with Crippen LogP contribution < -0.4 is 10.2 Å². The monoisotopic (exact) mass is 340 g/mol. The molecule has 4 nitrogen and oxygen atoms in total. The van der Waals surface area contributed by atoms with Crippen molar-refractivity contribution in [2.75, 3.05) is 23.8 Å². The van der Waals surface area contributed by atoms with Crippen LogP contribution in [0.15, 0.2) is 10.8 Å². The van der Waals surface area contributed by atoms with Crippen LogP contribution in [-0.2, 0) is 0 Å². The second-order valence-electron chi connectivity index (χ2n) is 5.81. The molecule has 1 aliphatic rings. The predicted molar refractivity (Wildman–Crippen MR) is 88.3 cm³/mol. The van der Waals surface area contributed by atoms with Gasteiger partial charge in [-0.25, -0.2) is 9.97 Å². The van der Waals surface area contributed by atoms with Gasteiger partial charge in [-0.3, -0.25) is 0 Å². The van der Waals surface area contributed by atoms with Crippen LogP contribution in [0.1, 0.15) is 46.0 Å². The standard InChI is InChI=1S/C15H25BrN4/c1-4-9-17-14-13(16)15(19-10-18-14)20(3)12-7-5-11(2)6-8-12/h10-12H,4-9H2,1-3H3,(H,17,18,19). The summed E-state index contributed by atoms with van der Waals surface area (Å²) in [6, 6.07) is 0.594. The van der Waals surface area contributed by atoms with Crippen molar-refractivity contribution >= 4 is 27.6 Å². The number of hydrogen-bond acceptors (Lipinski definition) is 4. The van der Waals surface area contributed by atoms with E-state index in [1.165, 1.54) is 25.7 Å². The van der Waals surface area contributed by atoms with E-state index >= 15 is 0 Å². The smallest absolute Gasteiger partial charge is 0.148 e. The molecule has 0 aromatic carbocycles. The quantitative estimate of drug-likeness (QED) is 0.876. The molecule has 1 heterocycles. The van der Waals surface area contributed by atoms with Gasteiger partial charge >= 0.3 is 0 Å². The molecule has 0 aliphatic heterocycles. The number of nitrogens with one attached hydrogen (secondary N) is 1. The van der Waals surface area contributed by atoms with Gasteiger partial charge in [-0.1, -0.05) is 13.8 Å². The molecule has 0 radical (unpaired) electrons. The summed E-state index contributed by atoms with van der Waals surface area (Å²) < 4.78 is 0.981. The third-order valence-electron chi connectivity index (χ3n) is 4.18. The van der Waals surface area contributed by atoms with Crippen LogP contribution in [0.5, 0.6) is 0 Å². The number of aromatic nitrogens is 2. The van der Waals surface area contributed by atoms with Crippen molar-refractivity contribution < 1.29 is 0 Å². The highest BCUT2D eigenvalue weighted by atomic mass is 79.9. The lowest BCUT2D eigenvalue weighted by molar-refractivity contribution is 0.339. The molecule has 1 fully saturated rings. The first-order valence-corrected chi connectivity index (χ1v) is 8.40. The van der Waals surface area contributed by atoms with Crippen LogP contribution in [-0.4, -0.2) is 29.6 Å². The Kier molecular flexibility index (Phi) is 5.64.